The van der Waals surface area contributed by atoms with Crippen LogP contribution in [-0.4, -0.2) is 22.6 Å². The lowest BCUT2D eigenvalue weighted by molar-refractivity contribution is -0.114. The number of carbonyl (C=O) groups excluding carboxylic acids is 1. The van der Waals surface area contributed by atoms with Gasteiger partial charge in [-0.25, -0.2) is 0 Å². The van der Waals surface area contributed by atoms with Crippen LogP contribution in [0, 0.1) is 13.8 Å². The third-order valence-corrected chi connectivity index (χ3v) is 4.28. The fourth-order valence-electron chi connectivity index (χ4n) is 1.72. The number of carbonyl (C=O) groups is 1. The summed E-state index contributed by atoms with van der Waals surface area (Å²) in [6.45, 7) is 8.42. The van der Waals surface area contributed by atoms with Crippen molar-refractivity contribution >= 4 is 28.1 Å². The van der Waals surface area contributed by atoms with E-state index in [2.05, 4.69) is 34.7 Å². The highest BCUT2D eigenvalue weighted by molar-refractivity contribution is 7.15. The zero-order chi connectivity index (χ0) is 15.4. The third kappa shape index (κ3) is 4.26. The molecular formula is C15H20N4OS. The Hall–Kier alpha value is -1.95. The molecule has 1 heterocycles. The van der Waals surface area contributed by atoms with Gasteiger partial charge in [-0.05, 0) is 37.1 Å². The Bertz CT molecular complexity index is 636. The molecule has 21 heavy (non-hydrogen) atoms. The minimum absolute atomic E-state index is 0.125. The lowest BCUT2D eigenvalue weighted by Crippen LogP contribution is -2.21. The van der Waals surface area contributed by atoms with Crippen molar-refractivity contribution in [3.05, 3.63) is 34.3 Å². The van der Waals surface area contributed by atoms with Crippen LogP contribution < -0.4 is 10.6 Å². The number of nitrogens with one attached hydrogen (secondary N) is 2. The van der Waals surface area contributed by atoms with E-state index in [4.69, 9.17) is 0 Å². The Kier molecular flexibility index (Phi) is 4.90. The number of hydrogen-bond donors (Lipinski definition) is 2. The van der Waals surface area contributed by atoms with Crippen LogP contribution in [0.2, 0.25) is 0 Å². The molecule has 0 unspecified atom stereocenters. The van der Waals surface area contributed by atoms with Crippen LogP contribution in [0.1, 0.15) is 35.9 Å². The predicted molar refractivity (Wildman–Crippen MR) is 87.0 cm³/mol. The summed E-state index contributed by atoms with van der Waals surface area (Å²) >= 11 is 1.41. The third-order valence-electron chi connectivity index (χ3n) is 3.14. The molecule has 0 radical (unpaired) electrons. The highest BCUT2D eigenvalue weighted by atomic mass is 32.1. The molecule has 6 heteroatoms. The van der Waals surface area contributed by atoms with E-state index in [9.17, 15) is 4.79 Å². The summed E-state index contributed by atoms with van der Waals surface area (Å²) in [5.41, 5.74) is 3.37. The van der Waals surface area contributed by atoms with Crippen LogP contribution in [0.4, 0.5) is 10.8 Å². The SMILES string of the molecule is Cc1ccc(NCC(=O)Nc2nnc(C(C)C)s2)cc1C. The maximum Gasteiger partial charge on any atom is 0.245 e. The van der Waals surface area contributed by atoms with Gasteiger partial charge in [0.25, 0.3) is 0 Å². The topological polar surface area (TPSA) is 66.9 Å². The summed E-state index contributed by atoms with van der Waals surface area (Å²) < 4.78 is 0. The number of hydrogen-bond acceptors (Lipinski definition) is 5. The molecule has 0 fully saturated rings. The zero-order valence-electron chi connectivity index (χ0n) is 12.7. The van der Waals surface area contributed by atoms with Gasteiger partial charge in [0, 0.05) is 11.6 Å². The van der Waals surface area contributed by atoms with Crippen molar-refractivity contribution in [2.24, 2.45) is 0 Å². The first-order chi connectivity index (χ1) is 9.95. The average Bonchev–Trinajstić information content (AvgIpc) is 2.89. The predicted octanol–water partition coefficient (Wildman–Crippen LogP) is 3.33. The second kappa shape index (κ2) is 6.67. The standard InChI is InChI=1S/C15H20N4OS/c1-9(2)14-18-19-15(21-14)17-13(20)8-16-12-6-5-10(3)11(4)7-12/h5-7,9,16H,8H2,1-4H3,(H,17,19,20). The molecule has 0 aliphatic carbocycles. The molecule has 1 aromatic carbocycles. The largest absolute Gasteiger partial charge is 0.376 e. The summed E-state index contributed by atoms with van der Waals surface area (Å²) in [7, 11) is 0. The molecule has 1 amide bonds. The van der Waals surface area contributed by atoms with Crippen molar-refractivity contribution in [3.8, 4) is 0 Å². The van der Waals surface area contributed by atoms with E-state index >= 15 is 0 Å². The molecule has 0 bridgehead atoms. The van der Waals surface area contributed by atoms with Crippen molar-refractivity contribution < 1.29 is 4.79 Å². The molecule has 0 aliphatic rings. The van der Waals surface area contributed by atoms with E-state index < -0.39 is 0 Å². The summed E-state index contributed by atoms with van der Waals surface area (Å²) in [6, 6.07) is 6.04. The molecule has 0 aliphatic heterocycles. The van der Waals surface area contributed by atoms with E-state index in [0.717, 1.165) is 10.7 Å². The molecular weight excluding hydrogens is 284 g/mol. The second-order valence-electron chi connectivity index (χ2n) is 5.30. The minimum atomic E-state index is -0.125. The van der Waals surface area contributed by atoms with Gasteiger partial charge in [0.05, 0.1) is 6.54 Å². The Labute approximate surface area is 128 Å². The normalized spacial score (nSPS) is 10.7. The number of nitrogens with zero attached hydrogens (tertiary/aromatic N) is 2. The van der Waals surface area contributed by atoms with Crippen LogP contribution in [0.15, 0.2) is 18.2 Å². The van der Waals surface area contributed by atoms with Gasteiger partial charge in [-0.1, -0.05) is 31.3 Å². The molecule has 1 aromatic heterocycles. The number of anilines is 2. The smallest absolute Gasteiger partial charge is 0.245 e. The van der Waals surface area contributed by atoms with Crippen molar-refractivity contribution in [1.82, 2.24) is 10.2 Å². The summed E-state index contributed by atoms with van der Waals surface area (Å²) in [4.78, 5) is 11.9. The van der Waals surface area contributed by atoms with Gasteiger partial charge in [-0.15, -0.1) is 10.2 Å². The molecule has 0 spiro atoms. The van der Waals surface area contributed by atoms with Gasteiger partial charge in [-0.2, -0.15) is 0 Å². The molecule has 0 atom stereocenters. The Balaban J connectivity index is 1.88. The highest BCUT2D eigenvalue weighted by Gasteiger charge is 2.10. The number of rotatable bonds is 5. The zero-order valence-corrected chi connectivity index (χ0v) is 13.5. The number of benzene rings is 1. The maximum atomic E-state index is 11.9. The molecule has 2 aromatic rings. The first-order valence-electron chi connectivity index (χ1n) is 6.90. The van der Waals surface area contributed by atoms with Crippen LogP contribution in [0.5, 0.6) is 0 Å². The lowest BCUT2D eigenvalue weighted by atomic mass is 10.1. The molecule has 0 saturated carbocycles. The Morgan fingerprint density at radius 3 is 2.62 bits per heavy atom. The monoisotopic (exact) mass is 304 g/mol. The van der Waals surface area contributed by atoms with Gasteiger partial charge in [0.2, 0.25) is 11.0 Å². The minimum Gasteiger partial charge on any atom is -0.376 e. The maximum absolute atomic E-state index is 11.9. The van der Waals surface area contributed by atoms with Crippen LogP contribution in [-0.2, 0) is 4.79 Å². The van der Waals surface area contributed by atoms with Crippen molar-refractivity contribution in [1.29, 1.82) is 0 Å². The van der Waals surface area contributed by atoms with Gasteiger partial charge in [-0.3, -0.25) is 10.1 Å². The molecule has 5 nitrogen and oxygen atoms in total. The van der Waals surface area contributed by atoms with Gasteiger partial charge in [0.15, 0.2) is 0 Å². The fraction of sp³-hybridized carbons (Fsp3) is 0.400. The van der Waals surface area contributed by atoms with E-state index in [1.165, 1.54) is 22.5 Å². The van der Waals surface area contributed by atoms with Gasteiger partial charge < -0.3 is 5.32 Å². The summed E-state index contributed by atoms with van der Waals surface area (Å²) in [5, 5.41) is 15.3. The van der Waals surface area contributed by atoms with Crippen molar-refractivity contribution in [3.63, 3.8) is 0 Å². The Morgan fingerprint density at radius 1 is 1.24 bits per heavy atom. The van der Waals surface area contributed by atoms with E-state index in [1.807, 2.05) is 32.0 Å². The van der Waals surface area contributed by atoms with E-state index in [0.29, 0.717) is 11.0 Å². The summed E-state index contributed by atoms with van der Waals surface area (Å²) in [5.74, 6) is 0.196. The first kappa shape index (κ1) is 15.4. The van der Waals surface area contributed by atoms with Crippen LogP contribution in [0.25, 0.3) is 0 Å². The van der Waals surface area contributed by atoms with Gasteiger partial charge >= 0.3 is 0 Å². The molecule has 112 valence electrons. The van der Waals surface area contributed by atoms with Crippen LogP contribution in [0.3, 0.4) is 0 Å². The fourth-order valence-corrected chi connectivity index (χ4v) is 2.48. The number of aryl methyl sites for hydroxylation is 2. The summed E-state index contributed by atoms with van der Waals surface area (Å²) in [6.07, 6.45) is 0. The van der Waals surface area contributed by atoms with Crippen LogP contribution >= 0.6 is 11.3 Å². The highest BCUT2D eigenvalue weighted by Crippen LogP contribution is 2.22. The average molecular weight is 304 g/mol. The molecule has 2 N–H and O–H groups in total. The lowest BCUT2D eigenvalue weighted by Gasteiger charge is -2.08. The van der Waals surface area contributed by atoms with Crippen molar-refractivity contribution in [2.45, 2.75) is 33.6 Å². The number of amides is 1. The molecule has 2 rings (SSSR count). The van der Waals surface area contributed by atoms with E-state index in [1.54, 1.807) is 0 Å². The first-order valence-corrected chi connectivity index (χ1v) is 7.71. The van der Waals surface area contributed by atoms with E-state index in [-0.39, 0.29) is 12.5 Å². The quantitative estimate of drug-likeness (QED) is 0.889. The number of aromatic nitrogens is 2. The van der Waals surface area contributed by atoms with Crippen molar-refractivity contribution in [2.75, 3.05) is 17.2 Å². The van der Waals surface area contributed by atoms with Gasteiger partial charge in [0.1, 0.15) is 5.01 Å². The second-order valence-corrected chi connectivity index (χ2v) is 6.31. The Morgan fingerprint density at radius 2 is 2.00 bits per heavy atom. The molecule has 0 saturated heterocycles.